The molecule has 162 valence electrons. The summed E-state index contributed by atoms with van der Waals surface area (Å²) in [4.78, 5) is 28.3. The number of benzene rings is 2. The topological polar surface area (TPSA) is 106 Å². The van der Waals surface area contributed by atoms with Gasteiger partial charge in [-0.2, -0.15) is 0 Å². The van der Waals surface area contributed by atoms with Gasteiger partial charge in [0.15, 0.2) is 22.8 Å². The van der Waals surface area contributed by atoms with Crippen molar-refractivity contribution in [2.24, 2.45) is 4.99 Å². The van der Waals surface area contributed by atoms with Crippen LogP contribution in [0, 0.1) is 0 Å². The van der Waals surface area contributed by atoms with Crippen LogP contribution in [0.2, 0.25) is 0 Å². The van der Waals surface area contributed by atoms with Crippen molar-refractivity contribution in [3.8, 4) is 17.2 Å². The van der Waals surface area contributed by atoms with Crippen LogP contribution >= 0.6 is 11.8 Å². The second-order valence-electron chi connectivity index (χ2n) is 6.42. The number of hydrogen-bond donors (Lipinski definition) is 2. The Hall–Kier alpha value is -3.46. The molecular weight excluding hydrogens is 420 g/mol. The van der Waals surface area contributed by atoms with Gasteiger partial charge in [-0.25, -0.2) is 9.79 Å². The molecule has 1 heterocycles. The number of rotatable bonds is 8. The number of nitrogens with zero attached hydrogens (tertiary/aromatic N) is 1. The third-order valence-electron chi connectivity index (χ3n) is 4.17. The zero-order chi connectivity index (χ0) is 22.4. The average Bonchev–Trinajstić information content (AvgIpc) is 3.09. The summed E-state index contributed by atoms with van der Waals surface area (Å²) in [5.74, 6) is 0.101. The maximum absolute atomic E-state index is 12.3. The van der Waals surface area contributed by atoms with E-state index in [2.05, 4.69) is 10.3 Å². The van der Waals surface area contributed by atoms with Crippen LogP contribution in [0.5, 0.6) is 17.2 Å². The first-order valence-electron chi connectivity index (χ1n) is 9.49. The van der Waals surface area contributed by atoms with Crippen LogP contribution in [0.15, 0.2) is 52.4 Å². The molecule has 0 saturated carbocycles. The molecule has 2 aromatic rings. The van der Waals surface area contributed by atoms with Crippen LogP contribution in [-0.4, -0.2) is 42.0 Å². The standard InChI is InChI=1S/C22H22N2O6S/c1-4-29-16-8-6-15(7-9-16)23-22-24-20(25)19(31-22)12-14-5-10-17(18(11-14)28-3)30-13(2)21(26)27/h5-13H,4H2,1-3H3,(H,26,27)(H,23,24,25)/b19-12+/t13-/m1/s1. The summed E-state index contributed by atoms with van der Waals surface area (Å²) in [7, 11) is 1.46. The minimum Gasteiger partial charge on any atom is -0.494 e. The van der Waals surface area contributed by atoms with Crippen LogP contribution in [0.1, 0.15) is 19.4 Å². The summed E-state index contributed by atoms with van der Waals surface area (Å²) < 4.78 is 16.1. The fourth-order valence-electron chi connectivity index (χ4n) is 2.64. The number of amides is 1. The molecule has 3 rings (SSSR count). The first-order valence-corrected chi connectivity index (χ1v) is 10.3. The van der Waals surface area contributed by atoms with Gasteiger partial charge >= 0.3 is 5.97 Å². The summed E-state index contributed by atoms with van der Waals surface area (Å²) in [5, 5.41) is 12.2. The number of aliphatic imine (C=N–C) groups is 1. The molecule has 1 fully saturated rings. The van der Waals surface area contributed by atoms with Gasteiger partial charge in [0.25, 0.3) is 5.91 Å². The SMILES string of the molecule is CCOc1ccc(N=C2NC(=O)/C(=C\c3ccc(O[C@H](C)C(=O)O)c(OC)c3)S2)cc1. The molecule has 2 N–H and O–H groups in total. The van der Waals surface area contributed by atoms with E-state index in [4.69, 9.17) is 19.3 Å². The van der Waals surface area contributed by atoms with Gasteiger partial charge in [0.2, 0.25) is 0 Å². The van der Waals surface area contributed by atoms with E-state index in [0.29, 0.717) is 39.4 Å². The minimum atomic E-state index is -1.08. The molecule has 2 aromatic carbocycles. The van der Waals surface area contributed by atoms with E-state index in [-0.39, 0.29) is 5.91 Å². The van der Waals surface area contributed by atoms with Gasteiger partial charge in [0.1, 0.15) is 5.75 Å². The van der Waals surface area contributed by atoms with Crippen molar-refractivity contribution in [2.75, 3.05) is 13.7 Å². The van der Waals surface area contributed by atoms with Crippen molar-refractivity contribution in [2.45, 2.75) is 20.0 Å². The lowest BCUT2D eigenvalue weighted by atomic mass is 10.2. The lowest BCUT2D eigenvalue weighted by Gasteiger charge is -2.14. The molecule has 31 heavy (non-hydrogen) atoms. The minimum absolute atomic E-state index is 0.256. The first-order chi connectivity index (χ1) is 14.9. The quantitative estimate of drug-likeness (QED) is 0.598. The van der Waals surface area contributed by atoms with E-state index in [1.807, 2.05) is 31.2 Å². The molecule has 0 spiro atoms. The Morgan fingerprint density at radius 3 is 2.61 bits per heavy atom. The zero-order valence-electron chi connectivity index (χ0n) is 17.2. The van der Waals surface area contributed by atoms with E-state index >= 15 is 0 Å². The number of methoxy groups -OCH3 is 1. The molecule has 1 amide bonds. The summed E-state index contributed by atoms with van der Waals surface area (Å²) in [6.07, 6.45) is 0.684. The van der Waals surface area contributed by atoms with Gasteiger partial charge in [-0.15, -0.1) is 0 Å². The molecule has 0 aromatic heterocycles. The largest absolute Gasteiger partial charge is 0.494 e. The second-order valence-corrected chi connectivity index (χ2v) is 7.45. The maximum atomic E-state index is 12.3. The van der Waals surface area contributed by atoms with Gasteiger partial charge in [-0.05, 0) is 73.6 Å². The third kappa shape index (κ3) is 5.79. The highest BCUT2D eigenvalue weighted by Gasteiger charge is 2.24. The van der Waals surface area contributed by atoms with E-state index < -0.39 is 12.1 Å². The van der Waals surface area contributed by atoms with E-state index in [9.17, 15) is 9.59 Å². The molecule has 0 radical (unpaired) electrons. The van der Waals surface area contributed by atoms with Gasteiger partial charge in [-0.1, -0.05) is 6.07 Å². The second kappa shape index (κ2) is 10.0. The fraction of sp³-hybridized carbons (Fsp3) is 0.227. The highest BCUT2D eigenvalue weighted by Crippen LogP contribution is 2.33. The number of carboxylic acid groups (broad SMARTS) is 1. The Morgan fingerprint density at radius 2 is 1.97 bits per heavy atom. The molecule has 1 aliphatic heterocycles. The maximum Gasteiger partial charge on any atom is 0.344 e. The molecule has 0 bridgehead atoms. The molecule has 9 heteroatoms. The number of ether oxygens (including phenoxy) is 3. The number of amidine groups is 1. The Kier molecular flexibility index (Phi) is 7.19. The first kappa shape index (κ1) is 22.2. The molecular formula is C22H22N2O6S. The highest BCUT2D eigenvalue weighted by atomic mass is 32.2. The predicted octanol–water partition coefficient (Wildman–Crippen LogP) is 3.84. The third-order valence-corrected chi connectivity index (χ3v) is 5.08. The molecule has 1 saturated heterocycles. The van der Waals surface area contributed by atoms with Gasteiger partial charge in [-0.3, -0.25) is 4.79 Å². The van der Waals surface area contributed by atoms with Crippen LogP contribution in [0.3, 0.4) is 0 Å². The molecule has 8 nitrogen and oxygen atoms in total. The van der Waals surface area contributed by atoms with E-state index in [1.54, 1.807) is 24.3 Å². The summed E-state index contributed by atoms with van der Waals surface area (Å²) in [6.45, 7) is 3.94. The van der Waals surface area contributed by atoms with E-state index in [1.165, 1.54) is 25.8 Å². The van der Waals surface area contributed by atoms with Crippen molar-refractivity contribution >= 4 is 40.6 Å². The Morgan fingerprint density at radius 1 is 1.23 bits per heavy atom. The highest BCUT2D eigenvalue weighted by molar-refractivity contribution is 8.18. The van der Waals surface area contributed by atoms with Crippen molar-refractivity contribution < 1.29 is 28.9 Å². The smallest absolute Gasteiger partial charge is 0.344 e. The summed E-state index contributed by atoms with van der Waals surface area (Å²) >= 11 is 1.22. The van der Waals surface area contributed by atoms with Crippen molar-refractivity contribution in [3.05, 3.63) is 52.9 Å². The Labute approximate surface area is 183 Å². The number of nitrogens with one attached hydrogen (secondary N) is 1. The molecule has 1 aliphatic rings. The summed E-state index contributed by atoms with van der Waals surface area (Å²) in [5.41, 5.74) is 1.40. The van der Waals surface area contributed by atoms with Crippen LogP contribution in [0.25, 0.3) is 6.08 Å². The number of aliphatic carboxylic acids is 1. The number of carbonyl (C=O) groups is 2. The Bertz CT molecular complexity index is 1030. The van der Waals surface area contributed by atoms with Gasteiger partial charge in [0, 0.05) is 0 Å². The monoisotopic (exact) mass is 442 g/mol. The fourth-order valence-corrected chi connectivity index (χ4v) is 3.49. The van der Waals surface area contributed by atoms with Crippen LogP contribution in [-0.2, 0) is 9.59 Å². The Balaban J connectivity index is 1.76. The van der Waals surface area contributed by atoms with Crippen molar-refractivity contribution in [1.29, 1.82) is 0 Å². The van der Waals surface area contributed by atoms with Gasteiger partial charge in [0.05, 0.1) is 24.3 Å². The van der Waals surface area contributed by atoms with Gasteiger partial charge < -0.3 is 24.6 Å². The molecule has 0 aliphatic carbocycles. The normalized spacial score (nSPS) is 16.8. The number of carbonyl (C=O) groups excluding carboxylic acids is 1. The molecule has 0 unspecified atom stereocenters. The lowest BCUT2D eigenvalue weighted by Crippen LogP contribution is -2.23. The van der Waals surface area contributed by atoms with Crippen LogP contribution in [0.4, 0.5) is 5.69 Å². The van der Waals surface area contributed by atoms with Crippen molar-refractivity contribution in [1.82, 2.24) is 5.32 Å². The van der Waals surface area contributed by atoms with Crippen molar-refractivity contribution in [3.63, 3.8) is 0 Å². The number of carboxylic acids is 1. The predicted molar refractivity (Wildman–Crippen MR) is 119 cm³/mol. The lowest BCUT2D eigenvalue weighted by molar-refractivity contribution is -0.144. The number of thioether (sulfide) groups is 1. The number of hydrogen-bond acceptors (Lipinski definition) is 7. The van der Waals surface area contributed by atoms with Crippen LogP contribution < -0.4 is 19.5 Å². The summed E-state index contributed by atoms with van der Waals surface area (Å²) in [6, 6.07) is 12.3. The zero-order valence-corrected chi connectivity index (χ0v) is 18.1. The van der Waals surface area contributed by atoms with E-state index in [0.717, 1.165) is 5.75 Å². The average molecular weight is 442 g/mol. The molecule has 1 atom stereocenters.